The first-order chi connectivity index (χ1) is 8.61. The first-order valence-electron chi connectivity index (χ1n) is 5.09. The predicted molar refractivity (Wildman–Crippen MR) is 62.6 cm³/mol. The highest BCUT2D eigenvalue weighted by molar-refractivity contribution is 5.97. The van der Waals surface area contributed by atoms with Crippen LogP contribution in [0.2, 0.25) is 0 Å². The van der Waals surface area contributed by atoms with Crippen LogP contribution in [0.5, 0.6) is 11.8 Å². The number of hydrogen-bond donors (Lipinski definition) is 2. The molecule has 2 aromatic rings. The first kappa shape index (κ1) is 11.8. The second-order valence-corrected chi connectivity index (χ2v) is 3.54. The van der Waals surface area contributed by atoms with Crippen molar-refractivity contribution < 1.29 is 9.94 Å². The van der Waals surface area contributed by atoms with Gasteiger partial charge in [0.25, 0.3) is 5.88 Å². The summed E-state index contributed by atoms with van der Waals surface area (Å²) in [5, 5.41) is 15.7. The lowest BCUT2D eigenvalue weighted by Crippen LogP contribution is -2.17. The van der Waals surface area contributed by atoms with E-state index in [1.165, 1.54) is 12.4 Å². The number of hydrogen-bond acceptors (Lipinski definition) is 6. The van der Waals surface area contributed by atoms with Crippen molar-refractivity contribution in [1.29, 1.82) is 0 Å². The first-order valence-corrected chi connectivity index (χ1v) is 5.09. The molecule has 0 saturated carbocycles. The molecule has 0 saturated heterocycles. The summed E-state index contributed by atoms with van der Waals surface area (Å²) in [6.07, 6.45) is 2.88. The average Bonchev–Trinajstić information content (AvgIpc) is 2.67. The maximum absolute atomic E-state index is 8.66. The highest BCUT2D eigenvalue weighted by atomic mass is 16.5. The molecule has 0 aromatic carbocycles. The van der Waals surface area contributed by atoms with Crippen LogP contribution in [0.1, 0.15) is 11.4 Å². The second kappa shape index (κ2) is 4.70. The van der Waals surface area contributed by atoms with Gasteiger partial charge in [-0.15, -0.1) is 0 Å². The van der Waals surface area contributed by atoms with Crippen molar-refractivity contribution in [1.82, 2.24) is 19.7 Å². The van der Waals surface area contributed by atoms with Gasteiger partial charge in [0, 0.05) is 25.5 Å². The van der Waals surface area contributed by atoms with E-state index in [1.54, 1.807) is 17.8 Å². The Morgan fingerprint density at radius 3 is 2.78 bits per heavy atom. The summed E-state index contributed by atoms with van der Waals surface area (Å²) < 4.78 is 7.09. The normalized spacial score (nSPS) is 11.6. The van der Waals surface area contributed by atoms with Crippen LogP contribution in [0.4, 0.5) is 0 Å². The Labute approximate surface area is 103 Å². The molecule has 0 amide bonds. The number of nitrogens with two attached hydrogens (primary N) is 1. The Hall–Kier alpha value is -2.64. The number of ether oxygens (including phenoxy) is 1. The smallest absolute Gasteiger partial charge is 0.251 e. The third-order valence-corrected chi connectivity index (χ3v) is 2.18. The van der Waals surface area contributed by atoms with E-state index in [4.69, 9.17) is 15.7 Å². The number of rotatable bonds is 3. The van der Waals surface area contributed by atoms with Crippen molar-refractivity contribution in [2.75, 3.05) is 0 Å². The van der Waals surface area contributed by atoms with Crippen LogP contribution in [0, 0.1) is 6.92 Å². The highest BCUT2D eigenvalue weighted by Crippen LogP contribution is 2.21. The molecule has 2 aromatic heterocycles. The van der Waals surface area contributed by atoms with E-state index in [1.807, 2.05) is 6.92 Å². The zero-order chi connectivity index (χ0) is 13.1. The van der Waals surface area contributed by atoms with Crippen molar-refractivity contribution in [3.63, 3.8) is 0 Å². The molecule has 8 nitrogen and oxygen atoms in total. The third kappa shape index (κ3) is 2.21. The Balaban J connectivity index is 2.38. The molecule has 18 heavy (non-hydrogen) atoms. The molecule has 94 valence electrons. The quantitative estimate of drug-likeness (QED) is 0.352. The van der Waals surface area contributed by atoms with Gasteiger partial charge in [0.05, 0.1) is 5.69 Å². The maximum Gasteiger partial charge on any atom is 0.251 e. The topological polar surface area (TPSA) is 111 Å². The summed E-state index contributed by atoms with van der Waals surface area (Å²) in [6, 6.07) is 1.74. The zero-order valence-corrected chi connectivity index (χ0v) is 9.90. The molecule has 0 aliphatic carbocycles. The number of oxime groups is 1. The Morgan fingerprint density at radius 2 is 2.17 bits per heavy atom. The lowest BCUT2D eigenvalue weighted by atomic mass is 10.4. The van der Waals surface area contributed by atoms with Crippen LogP contribution in [0.15, 0.2) is 23.6 Å². The monoisotopic (exact) mass is 248 g/mol. The van der Waals surface area contributed by atoms with Crippen LogP contribution in [0.25, 0.3) is 0 Å². The van der Waals surface area contributed by atoms with Crippen molar-refractivity contribution in [2.24, 2.45) is 17.9 Å². The minimum Gasteiger partial charge on any atom is -0.418 e. The van der Waals surface area contributed by atoms with Crippen LogP contribution in [-0.4, -0.2) is 30.8 Å². The van der Waals surface area contributed by atoms with Gasteiger partial charge in [-0.2, -0.15) is 5.10 Å². The SMILES string of the molecule is Cc1cc(Oc2nccnc2/C(N)=N/O)n(C)n1. The van der Waals surface area contributed by atoms with Gasteiger partial charge in [0.15, 0.2) is 11.5 Å². The van der Waals surface area contributed by atoms with Gasteiger partial charge >= 0.3 is 0 Å². The maximum atomic E-state index is 8.66. The molecule has 0 atom stereocenters. The molecule has 8 heteroatoms. The summed E-state index contributed by atoms with van der Waals surface area (Å²) >= 11 is 0. The van der Waals surface area contributed by atoms with Gasteiger partial charge in [-0.1, -0.05) is 5.16 Å². The fraction of sp³-hybridized carbons (Fsp3) is 0.200. The minimum absolute atomic E-state index is 0.149. The second-order valence-electron chi connectivity index (χ2n) is 3.54. The molecule has 0 fully saturated rings. The standard InChI is InChI=1S/C10H12N6O2/c1-6-5-7(16(2)14-6)18-10-8(9(11)15-17)12-3-4-13-10/h3-5,17H,1-2H3,(H2,11,15). The molecule has 2 rings (SSSR count). The number of nitrogens with zero attached hydrogens (tertiary/aromatic N) is 5. The van der Waals surface area contributed by atoms with E-state index in [-0.39, 0.29) is 17.4 Å². The van der Waals surface area contributed by atoms with E-state index < -0.39 is 0 Å². The Kier molecular flexibility index (Phi) is 3.09. The van der Waals surface area contributed by atoms with E-state index in [2.05, 4.69) is 20.2 Å². The van der Waals surface area contributed by atoms with Crippen LogP contribution in [0.3, 0.4) is 0 Å². The third-order valence-electron chi connectivity index (χ3n) is 2.18. The van der Waals surface area contributed by atoms with Gasteiger partial charge in [-0.3, -0.25) is 0 Å². The van der Waals surface area contributed by atoms with Gasteiger partial charge in [-0.25, -0.2) is 14.6 Å². The van der Waals surface area contributed by atoms with Crippen LogP contribution >= 0.6 is 0 Å². The van der Waals surface area contributed by atoms with Crippen molar-refractivity contribution in [3.8, 4) is 11.8 Å². The zero-order valence-electron chi connectivity index (χ0n) is 9.90. The highest BCUT2D eigenvalue weighted by Gasteiger charge is 2.14. The van der Waals surface area contributed by atoms with E-state index in [0.717, 1.165) is 5.69 Å². The molecule has 0 unspecified atom stereocenters. The van der Waals surface area contributed by atoms with E-state index in [9.17, 15) is 0 Å². The summed E-state index contributed by atoms with van der Waals surface area (Å²) in [7, 11) is 1.74. The molecular weight excluding hydrogens is 236 g/mol. The van der Waals surface area contributed by atoms with Crippen molar-refractivity contribution >= 4 is 5.84 Å². The van der Waals surface area contributed by atoms with Gasteiger partial charge in [0.2, 0.25) is 5.88 Å². The summed E-state index contributed by atoms with van der Waals surface area (Å²) in [5.74, 6) is 0.466. The lowest BCUT2D eigenvalue weighted by Gasteiger charge is -2.07. The molecule has 0 spiro atoms. The van der Waals surface area contributed by atoms with Gasteiger partial charge in [0.1, 0.15) is 0 Å². The molecule has 0 bridgehead atoms. The summed E-state index contributed by atoms with van der Waals surface area (Å²) in [5.41, 5.74) is 6.46. The fourth-order valence-electron chi connectivity index (χ4n) is 1.40. The minimum atomic E-state index is -0.169. The summed E-state index contributed by atoms with van der Waals surface area (Å²) in [4.78, 5) is 7.94. The number of amidine groups is 1. The van der Waals surface area contributed by atoms with Gasteiger partial charge in [-0.05, 0) is 6.92 Å². The van der Waals surface area contributed by atoms with Crippen molar-refractivity contribution in [2.45, 2.75) is 6.92 Å². The van der Waals surface area contributed by atoms with E-state index >= 15 is 0 Å². The van der Waals surface area contributed by atoms with E-state index in [0.29, 0.717) is 5.88 Å². The molecule has 0 aliphatic heterocycles. The molecule has 0 aliphatic rings. The van der Waals surface area contributed by atoms with Crippen LogP contribution in [-0.2, 0) is 7.05 Å². The summed E-state index contributed by atoms with van der Waals surface area (Å²) in [6.45, 7) is 1.84. The Bertz CT molecular complexity index is 592. The largest absolute Gasteiger partial charge is 0.418 e. The molecule has 3 N–H and O–H groups in total. The van der Waals surface area contributed by atoms with Crippen molar-refractivity contribution in [3.05, 3.63) is 29.8 Å². The number of aromatic nitrogens is 4. The molecule has 2 heterocycles. The molecular formula is C10H12N6O2. The average molecular weight is 248 g/mol. The fourth-order valence-corrected chi connectivity index (χ4v) is 1.40. The number of aryl methyl sites for hydroxylation is 2. The molecule has 0 radical (unpaired) electrons. The predicted octanol–water partition coefficient (Wildman–Crippen LogP) is 0.405. The van der Waals surface area contributed by atoms with Crippen LogP contribution < -0.4 is 10.5 Å². The Morgan fingerprint density at radius 1 is 1.44 bits per heavy atom. The van der Waals surface area contributed by atoms with Gasteiger partial charge < -0.3 is 15.7 Å². The lowest BCUT2D eigenvalue weighted by molar-refractivity contribution is 0.318.